The molecule has 0 radical (unpaired) electrons. The first kappa shape index (κ1) is 14.4. The number of nitrogens with one attached hydrogen (secondary N) is 1. The molecule has 1 aromatic rings. The van der Waals surface area contributed by atoms with Crippen molar-refractivity contribution in [1.82, 2.24) is 10.2 Å². The number of nitrogens with zero attached hydrogens (tertiary/aromatic N) is 1. The molecule has 1 heterocycles. The SMILES string of the molecule is CCCN(C(=O)c1ccccc1SC)C1CCNC1. The second-order valence-electron chi connectivity index (χ2n) is 4.85. The quantitative estimate of drug-likeness (QED) is 0.840. The van der Waals surface area contributed by atoms with Crippen molar-refractivity contribution in [1.29, 1.82) is 0 Å². The highest BCUT2D eigenvalue weighted by Gasteiger charge is 2.27. The topological polar surface area (TPSA) is 32.3 Å². The lowest BCUT2D eigenvalue weighted by molar-refractivity contribution is 0.0688. The zero-order chi connectivity index (χ0) is 13.7. The molecule has 1 atom stereocenters. The molecule has 1 amide bonds. The second-order valence-corrected chi connectivity index (χ2v) is 5.69. The number of benzene rings is 1. The lowest BCUT2D eigenvalue weighted by Crippen LogP contribution is -2.42. The predicted molar refractivity (Wildman–Crippen MR) is 80.8 cm³/mol. The van der Waals surface area contributed by atoms with Crippen molar-refractivity contribution in [2.24, 2.45) is 0 Å². The lowest BCUT2D eigenvalue weighted by Gasteiger charge is -2.29. The normalized spacial score (nSPS) is 18.5. The van der Waals surface area contributed by atoms with E-state index < -0.39 is 0 Å². The third-order valence-corrected chi connectivity index (χ3v) is 4.33. The van der Waals surface area contributed by atoms with Crippen molar-refractivity contribution in [3.8, 4) is 0 Å². The molecule has 0 aromatic heterocycles. The fourth-order valence-electron chi connectivity index (χ4n) is 2.57. The summed E-state index contributed by atoms with van der Waals surface area (Å²) in [7, 11) is 0. The molecule has 0 aliphatic carbocycles. The molecule has 0 bridgehead atoms. The molecule has 1 aromatic carbocycles. The fraction of sp³-hybridized carbons (Fsp3) is 0.533. The van der Waals surface area contributed by atoms with Crippen LogP contribution in [0.2, 0.25) is 0 Å². The van der Waals surface area contributed by atoms with Crippen molar-refractivity contribution in [2.75, 3.05) is 25.9 Å². The summed E-state index contributed by atoms with van der Waals surface area (Å²) in [6, 6.07) is 8.25. The van der Waals surface area contributed by atoms with Crippen LogP contribution in [0, 0.1) is 0 Å². The van der Waals surface area contributed by atoms with Gasteiger partial charge in [0.05, 0.1) is 5.56 Å². The summed E-state index contributed by atoms with van der Waals surface area (Å²) in [6.45, 7) is 4.91. The van der Waals surface area contributed by atoms with Gasteiger partial charge in [-0.3, -0.25) is 4.79 Å². The minimum atomic E-state index is 0.181. The summed E-state index contributed by atoms with van der Waals surface area (Å²) < 4.78 is 0. The first-order valence-corrected chi connectivity index (χ1v) is 8.15. The molecular weight excluding hydrogens is 256 g/mol. The van der Waals surface area contributed by atoms with Crippen LogP contribution in [-0.4, -0.2) is 42.7 Å². The summed E-state index contributed by atoms with van der Waals surface area (Å²) in [4.78, 5) is 15.9. The first-order valence-electron chi connectivity index (χ1n) is 6.92. The van der Waals surface area contributed by atoms with E-state index in [-0.39, 0.29) is 5.91 Å². The van der Waals surface area contributed by atoms with Gasteiger partial charge in [-0.05, 0) is 37.8 Å². The molecule has 3 nitrogen and oxygen atoms in total. The van der Waals surface area contributed by atoms with Crippen molar-refractivity contribution in [3.63, 3.8) is 0 Å². The van der Waals surface area contributed by atoms with Gasteiger partial charge in [-0.15, -0.1) is 11.8 Å². The number of hydrogen-bond donors (Lipinski definition) is 1. The molecule has 0 saturated carbocycles. The molecule has 1 fully saturated rings. The number of thioether (sulfide) groups is 1. The zero-order valence-electron chi connectivity index (χ0n) is 11.7. The number of amides is 1. The molecular formula is C15H22N2OS. The number of rotatable bonds is 5. The van der Waals surface area contributed by atoms with Crippen LogP contribution in [0.1, 0.15) is 30.1 Å². The third-order valence-electron chi connectivity index (χ3n) is 3.54. The maximum atomic E-state index is 12.8. The Morgan fingerprint density at radius 2 is 2.26 bits per heavy atom. The first-order chi connectivity index (χ1) is 9.27. The van der Waals surface area contributed by atoms with Crippen molar-refractivity contribution >= 4 is 17.7 Å². The largest absolute Gasteiger partial charge is 0.334 e. The maximum absolute atomic E-state index is 12.8. The molecule has 19 heavy (non-hydrogen) atoms. The van der Waals surface area contributed by atoms with Gasteiger partial charge in [-0.25, -0.2) is 0 Å². The van der Waals surface area contributed by atoms with E-state index in [1.54, 1.807) is 11.8 Å². The van der Waals surface area contributed by atoms with Gasteiger partial charge in [0, 0.05) is 24.0 Å². The minimum absolute atomic E-state index is 0.181. The van der Waals surface area contributed by atoms with Gasteiger partial charge >= 0.3 is 0 Å². The van der Waals surface area contributed by atoms with E-state index in [1.807, 2.05) is 30.5 Å². The van der Waals surface area contributed by atoms with Crippen LogP contribution in [0.5, 0.6) is 0 Å². The standard InChI is InChI=1S/C15H22N2OS/c1-3-10-17(12-8-9-16-11-12)15(18)13-6-4-5-7-14(13)19-2/h4-7,12,16H,3,8-11H2,1-2H3. The number of hydrogen-bond acceptors (Lipinski definition) is 3. The Hall–Kier alpha value is -1.00. The maximum Gasteiger partial charge on any atom is 0.255 e. The molecule has 1 saturated heterocycles. The summed E-state index contributed by atoms with van der Waals surface area (Å²) in [5.74, 6) is 0.181. The van der Waals surface area contributed by atoms with Crippen LogP contribution in [0.4, 0.5) is 0 Å². The number of carbonyl (C=O) groups excluding carboxylic acids is 1. The summed E-state index contributed by atoms with van der Waals surface area (Å²) >= 11 is 1.64. The van der Waals surface area contributed by atoms with E-state index in [4.69, 9.17) is 0 Å². The molecule has 1 unspecified atom stereocenters. The summed E-state index contributed by atoms with van der Waals surface area (Å²) in [5.41, 5.74) is 0.843. The Morgan fingerprint density at radius 1 is 1.47 bits per heavy atom. The average molecular weight is 278 g/mol. The Balaban J connectivity index is 2.22. The summed E-state index contributed by atoms with van der Waals surface area (Å²) in [5, 5.41) is 3.35. The van der Waals surface area contributed by atoms with Crippen LogP contribution < -0.4 is 5.32 Å². The van der Waals surface area contributed by atoms with E-state index in [0.29, 0.717) is 6.04 Å². The number of carbonyl (C=O) groups is 1. The highest BCUT2D eigenvalue weighted by Crippen LogP contribution is 2.23. The second kappa shape index (κ2) is 6.96. The van der Waals surface area contributed by atoms with Crippen LogP contribution in [-0.2, 0) is 0 Å². The van der Waals surface area contributed by atoms with Crippen molar-refractivity contribution in [2.45, 2.75) is 30.7 Å². The molecule has 4 heteroatoms. The highest BCUT2D eigenvalue weighted by molar-refractivity contribution is 7.98. The average Bonchev–Trinajstić information content (AvgIpc) is 2.98. The Kier molecular flexibility index (Phi) is 5.28. The summed E-state index contributed by atoms with van der Waals surface area (Å²) in [6.07, 6.45) is 4.09. The van der Waals surface area contributed by atoms with E-state index in [1.165, 1.54) is 0 Å². The van der Waals surface area contributed by atoms with E-state index in [2.05, 4.69) is 17.1 Å². The van der Waals surface area contributed by atoms with Gasteiger partial charge in [0.2, 0.25) is 0 Å². The molecule has 104 valence electrons. The smallest absolute Gasteiger partial charge is 0.255 e. The molecule has 1 N–H and O–H groups in total. The van der Waals surface area contributed by atoms with Gasteiger partial charge in [0.25, 0.3) is 5.91 Å². The predicted octanol–water partition coefficient (Wildman–Crippen LogP) is 2.62. The Bertz CT molecular complexity index is 430. The monoisotopic (exact) mass is 278 g/mol. The van der Waals surface area contributed by atoms with E-state index >= 15 is 0 Å². The van der Waals surface area contributed by atoms with Gasteiger partial charge in [-0.2, -0.15) is 0 Å². The van der Waals surface area contributed by atoms with Gasteiger partial charge in [0.15, 0.2) is 0 Å². The zero-order valence-corrected chi connectivity index (χ0v) is 12.5. The minimum Gasteiger partial charge on any atom is -0.334 e. The van der Waals surface area contributed by atoms with Crippen LogP contribution in [0.25, 0.3) is 0 Å². The lowest BCUT2D eigenvalue weighted by atomic mass is 10.1. The van der Waals surface area contributed by atoms with Gasteiger partial charge in [-0.1, -0.05) is 19.1 Å². The molecule has 2 rings (SSSR count). The Morgan fingerprint density at radius 3 is 2.89 bits per heavy atom. The van der Waals surface area contributed by atoms with Crippen LogP contribution in [0.15, 0.2) is 29.2 Å². The van der Waals surface area contributed by atoms with Crippen LogP contribution in [0.3, 0.4) is 0 Å². The van der Waals surface area contributed by atoms with Crippen molar-refractivity contribution in [3.05, 3.63) is 29.8 Å². The molecule has 1 aliphatic heterocycles. The fourth-order valence-corrected chi connectivity index (χ4v) is 3.16. The van der Waals surface area contributed by atoms with Gasteiger partial charge < -0.3 is 10.2 Å². The molecule has 0 spiro atoms. The van der Waals surface area contributed by atoms with E-state index in [9.17, 15) is 4.79 Å². The van der Waals surface area contributed by atoms with Crippen molar-refractivity contribution < 1.29 is 4.79 Å². The Labute approximate surface area is 119 Å². The highest BCUT2D eigenvalue weighted by atomic mass is 32.2. The van der Waals surface area contributed by atoms with E-state index in [0.717, 1.165) is 42.9 Å². The van der Waals surface area contributed by atoms with Crippen LogP contribution >= 0.6 is 11.8 Å². The molecule has 1 aliphatic rings. The third kappa shape index (κ3) is 3.31. The van der Waals surface area contributed by atoms with Gasteiger partial charge in [0.1, 0.15) is 0 Å².